The molecule has 0 spiro atoms. The van der Waals surface area contributed by atoms with Gasteiger partial charge < -0.3 is 5.73 Å². The predicted octanol–water partition coefficient (Wildman–Crippen LogP) is 2.45. The summed E-state index contributed by atoms with van der Waals surface area (Å²) in [5, 5.41) is 0. The van der Waals surface area contributed by atoms with E-state index in [1.807, 2.05) is 12.1 Å². The van der Waals surface area contributed by atoms with Crippen molar-refractivity contribution >= 4 is 17.6 Å². The third-order valence-corrected chi connectivity index (χ3v) is 2.82. The molecular weight excluding hydrogens is 206 g/mol. The first-order valence-corrected chi connectivity index (χ1v) is 5.74. The molecule has 0 saturated carbocycles. The van der Waals surface area contributed by atoms with Crippen molar-refractivity contribution in [3.8, 4) is 11.3 Å². The molecular formula is C11H11N3S. The van der Waals surface area contributed by atoms with Crippen LogP contribution in [0.15, 0.2) is 41.6 Å². The number of thioether (sulfide) groups is 1. The highest BCUT2D eigenvalue weighted by Gasteiger charge is 1.99. The number of nitrogens with zero attached hydrogens (tertiary/aromatic N) is 2. The van der Waals surface area contributed by atoms with Crippen LogP contribution < -0.4 is 5.73 Å². The summed E-state index contributed by atoms with van der Waals surface area (Å²) < 4.78 is 0. The lowest BCUT2D eigenvalue weighted by atomic mass is 10.1. The van der Waals surface area contributed by atoms with Crippen LogP contribution in [0.4, 0.5) is 5.82 Å². The summed E-state index contributed by atoms with van der Waals surface area (Å²) in [6.07, 6.45) is 3.53. The molecule has 0 bridgehead atoms. The molecule has 0 radical (unpaired) electrons. The largest absolute Gasteiger partial charge is 0.384 e. The van der Waals surface area contributed by atoms with Gasteiger partial charge in [-0.15, -0.1) is 11.8 Å². The number of hydrogen-bond acceptors (Lipinski definition) is 4. The topological polar surface area (TPSA) is 51.8 Å². The Balaban J connectivity index is 2.37. The monoisotopic (exact) mass is 217 g/mol. The molecule has 0 fully saturated rings. The summed E-state index contributed by atoms with van der Waals surface area (Å²) in [4.78, 5) is 9.27. The molecule has 1 aromatic heterocycles. The van der Waals surface area contributed by atoms with Crippen molar-refractivity contribution < 1.29 is 0 Å². The second-order valence-corrected chi connectivity index (χ2v) is 3.94. The maximum Gasteiger partial charge on any atom is 0.127 e. The van der Waals surface area contributed by atoms with Gasteiger partial charge in [-0.2, -0.15) is 0 Å². The van der Waals surface area contributed by atoms with Gasteiger partial charge in [-0.05, 0) is 18.4 Å². The van der Waals surface area contributed by atoms with E-state index in [-0.39, 0.29) is 0 Å². The molecule has 0 aliphatic carbocycles. The maximum absolute atomic E-state index is 5.60. The molecule has 15 heavy (non-hydrogen) atoms. The second-order valence-electron chi connectivity index (χ2n) is 3.06. The van der Waals surface area contributed by atoms with Crippen LogP contribution in [-0.2, 0) is 0 Å². The first kappa shape index (κ1) is 9.98. The Labute approximate surface area is 92.8 Å². The van der Waals surface area contributed by atoms with Crippen LogP contribution >= 0.6 is 11.8 Å². The minimum atomic E-state index is 0.494. The number of anilines is 1. The third-order valence-electron chi connectivity index (χ3n) is 2.07. The molecule has 1 heterocycles. The van der Waals surface area contributed by atoms with Crippen molar-refractivity contribution in [2.75, 3.05) is 12.0 Å². The van der Waals surface area contributed by atoms with Crippen LogP contribution in [0, 0.1) is 0 Å². The second kappa shape index (κ2) is 4.31. The summed E-state index contributed by atoms with van der Waals surface area (Å²) in [6, 6.07) is 9.98. The quantitative estimate of drug-likeness (QED) is 0.785. The number of hydrogen-bond donors (Lipinski definition) is 1. The molecule has 2 N–H and O–H groups in total. The lowest BCUT2D eigenvalue weighted by Crippen LogP contribution is -1.92. The first-order chi connectivity index (χ1) is 7.29. The number of benzene rings is 1. The van der Waals surface area contributed by atoms with Crippen LogP contribution in [0.1, 0.15) is 0 Å². The normalized spacial score (nSPS) is 10.2. The molecule has 1 aromatic carbocycles. The highest BCUT2D eigenvalue weighted by Crippen LogP contribution is 2.21. The predicted molar refractivity (Wildman–Crippen MR) is 63.7 cm³/mol. The van der Waals surface area contributed by atoms with Crippen molar-refractivity contribution in [3.05, 3.63) is 36.7 Å². The Morgan fingerprint density at radius 1 is 1.13 bits per heavy atom. The van der Waals surface area contributed by atoms with Gasteiger partial charge >= 0.3 is 0 Å². The van der Waals surface area contributed by atoms with Gasteiger partial charge in [0.15, 0.2) is 0 Å². The van der Waals surface area contributed by atoms with Gasteiger partial charge in [0.05, 0.1) is 5.69 Å². The minimum absolute atomic E-state index is 0.494. The van der Waals surface area contributed by atoms with Gasteiger partial charge in [0.1, 0.15) is 12.1 Å². The van der Waals surface area contributed by atoms with E-state index in [0.29, 0.717) is 5.82 Å². The molecule has 0 saturated heterocycles. The van der Waals surface area contributed by atoms with Gasteiger partial charge in [0, 0.05) is 16.5 Å². The Morgan fingerprint density at radius 2 is 1.87 bits per heavy atom. The molecule has 3 nitrogen and oxygen atoms in total. The molecule has 0 amide bonds. The van der Waals surface area contributed by atoms with E-state index in [1.54, 1.807) is 17.8 Å². The Morgan fingerprint density at radius 3 is 2.47 bits per heavy atom. The molecule has 0 aliphatic heterocycles. The number of rotatable bonds is 2. The van der Waals surface area contributed by atoms with Crippen molar-refractivity contribution in [3.63, 3.8) is 0 Å². The molecule has 0 aliphatic rings. The fourth-order valence-electron chi connectivity index (χ4n) is 1.29. The van der Waals surface area contributed by atoms with Gasteiger partial charge in [-0.3, -0.25) is 0 Å². The highest BCUT2D eigenvalue weighted by molar-refractivity contribution is 7.98. The Kier molecular flexibility index (Phi) is 2.87. The van der Waals surface area contributed by atoms with E-state index < -0.39 is 0 Å². The average Bonchev–Trinajstić information content (AvgIpc) is 2.29. The lowest BCUT2D eigenvalue weighted by molar-refractivity contribution is 1.18. The summed E-state index contributed by atoms with van der Waals surface area (Å²) >= 11 is 1.72. The van der Waals surface area contributed by atoms with Gasteiger partial charge in [-0.1, -0.05) is 12.1 Å². The van der Waals surface area contributed by atoms with E-state index in [4.69, 9.17) is 5.73 Å². The standard InChI is InChI=1S/C11H11N3S/c1-15-9-4-2-8(3-5-9)10-6-11(12)14-7-13-10/h2-7H,1H3,(H2,12,13,14). The number of aromatic nitrogens is 2. The summed E-state index contributed by atoms with van der Waals surface area (Å²) in [5.41, 5.74) is 7.51. The van der Waals surface area contributed by atoms with Crippen molar-refractivity contribution in [2.45, 2.75) is 4.90 Å². The Bertz CT molecular complexity index is 454. The summed E-state index contributed by atoms with van der Waals surface area (Å²) in [5.74, 6) is 0.494. The molecule has 0 atom stereocenters. The summed E-state index contributed by atoms with van der Waals surface area (Å²) in [7, 11) is 0. The van der Waals surface area contributed by atoms with E-state index in [9.17, 15) is 0 Å². The van der Waals surface area contributed by atoms with E-state index in [1.165, 1.54) is 11.2 Å². The van der Waals surface area contributed by atoms with E-state index in [2.05, 4.69) is 28.4 Å². The molecule has 2 aromatic rings. The zero-order valence-corrected chi connectivity index (χ0v) is 9.16. The van der Waals surface area contributed by atoms with E-state index in [0.717, 1.165) is 11.3 Å². The zero-order valence-electron chi connectivity index (χ0n) is 8.34. The van der Waals surface area contributed by atoms with Crippen molar-refractivity contribution in [1.29, 1.82) is 0 Å². The average molecular weight is 217 g/mol. The van der Waals surface area contributed by atoms with Gasteiger partial charge in [0.25, 0.3) is 0 Å². The highest BCUT2D eigenvalue weighted by atomic mass is 32.2. The first-order valence-electron chi connectivity index (χ1n) is 4.51. The van der Waals surface area contributed by atoms with Gasteiger partial charge in [0.2, 0.25) is 0 Å². The third kappa shape index (κ3) is 2.27. The van der Waals surface area contributed by atoms with Crippen LogP contribution in [0.2, 0.25) is 0 Å². The fraction of sp³-hybridized carbons (Fsp3) is 0.0909. The zero-order chi connectivity index (χ0) is 10.7. The SMILES string of the molecule is CSc1ccc(-c2cc(N)ncn2)cc1. The molecule has 0 unspecified atom stereocenters. The number of nitrogens with two attached hydrogens (primary N) is 1. The van der Waals surface area contributed by atoms with Crippen LogP contribution in [0.5, 0.6) is 0 Å². The fourth-order valence-corrected chi connectivity index (χ4v) is 1.70. The number of nitrogen functional groups attached to an aromatic ring is 1. The van der Waals surface area contributed by atoms with Crippen LogP contribution in [0.25, 0.3) is 11.3 Å². The molecule has 4 heteroatoms. The van der Waals surface area contributed by atoms with E-state index >= 15 is 0 Å². The molecule has 2 rings (SSSR count). The lowest BCUT2D eigenvalue weighted by Gasteiger charge is -2.02. The smallest absolute Gasteiger partial charge is 0.127 e. The van der Waals surface area contributed by atoms with Crippen LogP contribution in [0.3, 0.4) is 0 Å². The van der Waals surface area contributed by atoms with Crippen molar-refractivity contribution in [1.82, 2.24) is 9.97 Å². The van der Waals surface area contributed by atoms with Crippen molar-refractivity contribution in [2.24, 2.45) is 0 Å². The van der Waals surface area contributed by atoms with Crippen LogP contribution in [-0.4, -0.2) is 16.2 Å². The summed E-state index contributed by atoms with van der Waals surface area (Å²) in [6.45, 7) is 0. The minimum Gasteiger partial charge on any atom is -0.384 e. The van der Waals surface area contributed by atoms with Gasteiger partial charge in [-0.25, -0.2) is 9.97 Å². The molecule has 76 valence electrons. The maximum atomic E-state index is 5.60. The Hall–Kier alpha value is -1.55.